The first-order valence-electron chi connectivity index (χ1n) is 5.52. The molecular weight excluding hydrogens is 202 g/mol. The van der Waals surface area contributed by atoms with Crippen molar-refractivity contribution >= 4 is 0 Å². The molecule has 0 aromatic heterocycles. The van der Waals surface area contributed by atoms with Crippen LogP contribution in [0.1, 0.15) is 6.92 Å². The molecule has 0 saturated heterocycles. The molecule has 0 radical (unpaired) electrons. The zero-order valence-corrected chi connectivity index (χ0v) is 9.90. The van der Waals surface area contributed by atoms with E-state index in [1.807, 2.05) is 50.4 Å². The Hall–Kier alpha value is -1.48. The van der Waals surface area contributed by atoms with Gasteiger partial charge in [-0.05, 0) is 26.1 Å². The molecule has 16 heavy (non-hydrogen) atoms. The predicted molar refractivity (Wildman–Crippen MR) is 66.2 cm³/mol. The Morgan fingerprint density at radius 2 is 1.81 bits per heavy atom. The summed E-state index contributed by atoms with van der Waals surface area (Å²) < 4.78 is 11.1. The maximum absolute atomic E-state index is 5.60. The van der Waals surface area contributed by atoms with Gasteiger partial charge in [-0.15, -0.1) is 0 Å². The summed E-state index contributed by atoms with van der Waals surface area (Å²) >= 11 is 0. The van der Waals surface area contributed by atoms with E-state index in [-0.39, 0.29) is 0 Å². The minimum absolute atomic E-state index is 0.561. The number of benzene rings is 1. The Morgan fingerprint density at radius 3 is 2.44 bits per heavy atom. The van der Waals surface area contributed by atoms with E-state index in [4.69, 9.17) is 9.47 Å². The van der Waals surface area contributed by atoms with E-state index in [0.29, 0.717) is 13.2 Å². The zero-order chi connectivity index (χ0) is 11.6. The molecule has 0 amide bonds. The molecule has 1 rings (SSSR count). The normalized spacial score (nSPS) is 10.6. The van der Waals surface area contributed by atoms with Crippen LogP contribution in [0.5, 0.6) is 11.5 Å². The van der Waals surface area contributed by atoms with Crippen LogP contribution in [0, 0.1) is 0 Å². The van der Waals surface area contributed by atoms with Crippen molar-refractivity contribution in [3.8, 4) is 11.5 Å². The quantitative estimate of drug-likeness (QED) is 0.716. The van der Waals surface area contributed by atoms with Gasteiger partial charge in [-0.3, -0.25) is 0 Å². The van der Waals surface area contributed by atoms with Gasteiger partial charge < -0.3 is 14.8 Å². The zero-order valence-electron chi connectivity index (χ0n) is 9.90. The number of rotatable bonds is 7. The summed E-state index contributed by atoms with van der Waals surface area (Å²) in [6.45, 7) is 4.03. The van der Waals surface area contributed by atoms with Gasteiger partial charge in [-0.1, -0.05) is 24.3 Å². The van der Waals surface area contributed by atoms with Crippen molar-refractivity contribution in [2.45, 2.75) is 6.92 Å². The highest BCUT2D eigenvalue weighted by Gasteiger charge is 2.01. The van der Waals surface area contributed by atoms with Crippen molar-refractivity contribution in [2.75, 3.05) is 26.8 Å². The second-order valence-corrected chi connectivity index (χ2v) is 3.22. The van der Waals surface area contributed by atoms with Crippen molar-refractivity contribution in [3.05, 3.63) is 36.4 Å². The number of likely N-dealkylation sites (N-methyl/N-ethyl adjacent to an activating group) is 1. The van der Waals surface area contributed by atoms with Gasteiger partial charge in [0, 0.05) is 6.54 Å². The highest BCUT2D eigenvalue weighted by Crippen LogP contribution is 2.26. The molecule has 3 heteroatoms. The van der Waals surface area contributed by atoms with E-state index in [0.717, 1.165) is 18.0 Å². The molecule has 1 N–H and O–H groups in total. The van der Waals surface area contributed by atoms with Crippen LogP contribution in [0.25, 0.3) is 0 Å². The molecule has 0 fully saturated rings. The minimum atomic E-state index is 0.561. The molecule has 0 aliphatic rings. The summed E-state index contributed by atoms with van der Waals surface area (Å²) in [5, 5.41) is 3.03. The summed E-state index contributed by atoms with van der Waals surface area (Å²) in [5.74, 6) is 1.59. The molecule has 0 aliphatic heterocycles. The van der Waals surface area contributed by atoms with E-state index >= 15 is 0 Å². The van der Waals surface area contributed by atoms with Gasteiger partial charge in [-0.2, -0.15) is 0 Å². The van der Waals surface area contributed by atoms with Crippen molar-refractivity contribution in [1.29, 1.82) is 0 Å². The minimum Gasteiger partial charge on any atom is -0.490 e. The lowest BCUT2D eigenvalue weighted by atomic mass is 10.3. The Bertz CT molecular complexity index is 323. The smallest absolute Gasteiger partial charge is 0.161 e. The molecule has 0 unspecified atom stereocenters. The van der Waals surface area contributed by atoms with Crippen molar-refractivity contribution in [2.24, 2.45) is 0 Å². The average Bonchev–Trinajstić information content (AvgIpc) is 2.31. The fourth-order valence-corrected chi connectivity index (χ4v) is 1.25. The third kappa shape index (κ3) is 4.36. The molecule has 0 saturated carbocycles. The van der Waals surface area contributed by atoms with Crippen LogP contribution < -0.4 is 14.8 Å². The summed E-state index contributed by atoms with van der Waals surface area (Å²) in [6, 6.07) is 7.71. The summed E-state index contributed by atoms with van der Waals surface area (Å²) in [5.41, 5.74) is 0. The monoisotopic (exact) mass is 221 g/mol. The SMILES string of the molecule is CCOc1ccccc1OCC=CCNC. The maximum atomic E-state index is 5.60. The maximum Gasteiger partial charge on any atom is 0.161 e. The molecule has 0 heterocycles. The number of nitrogens with one attached hydrogen (secondary N) is 1. The van der Waals surface area contributed by atoms with Gasteiger partial charge in [0.2, 0.25) is 0 Å². The number of hydrogen-bond acceptors (Lipinski definition) is 3. The Balaban J connectivity index is 2.46. The highest BCUT2D eigenvalue weighted by molar-refractivity contribution is 5.39. The third-order valence-electron chi connectivity index (χ3n) is 1.97. The van der Waals surface area contributed by atoms with E-state index in [1.54, 1.807) is 0 Å². The Morgan fingerprint density at radius 1 is 1.12 bits per heavy atom. The molecular formula is C13H19NO2. The lowest BCUT2D eigenvalue weighted by Crippen LogP contribution is -2.05. The van der Waals surface area contributed by atoms with Gasteiger partial charge in [0.1, 0.15) is 6.61 Å². The van der Waals surface area contributed by atoms with Crippen LogP contribution in [0.4, 0.5) is 0 Å². The largest absolute Gasteiger partial charge is 0.490 e. The van der Waals surface area contributed by atoms with E-state index in [9.17, 15) is 0 Å². The molecule has 0 spiro atoms. The van der Waals surface area contributed by atoms with Crippen molar-refractivity contribution in [3.63, 3.8) is 0 Å². The lowest BCUT2D eigenvalue weighted by molar-refractivity contribution is 0.296. The first kappa shape index (κ1) is 12.6. The molecule has 0 atom stereocenters. The van der Waals surface area contributed by atoms with E-state index in [2.05, 4.69) is 5.32 Å². The van der Waals surface area contributed by atoms with Crippen LogP contribution in [0.15, 0.2) is 36.4 Å². The van der Waals surface area contributed by atoms with Gasteiger partial charge in [0.15, 0.2) is 11.5 Å². The molecule has 1 aromatic carbocycles. The average molecular weight is 221 g/mol. The number of hydrogen-bond donors (Lipinski definition) is 1. The first-order chi connectivity index (χ1) is 7.88. The summed E-state index contributed by atoms with van der Waals surface area (Å²) in [7, 11) is 1.91. The van der Waals surface area contributed by atoms with Gasteiger partial charge >= 0.3 is 0 Å². The highest BCUT2D eigenvalue weighted by atomic mass is 16.5. The van der Waals surface area contributed by atoms with E-state index in [1.165, 1.54) is 0 Å². The Labute approximate surface area is 97.1 Å². The fraction of sp³-hybridized carbons (Fsp3) is 0.385. The van der Waals surface area contributed by atoms with Crippen molar-refractivity contribution in [1.82, 2.24) is 5.32 Å². The van der Waals surface area contributed by atoms with Gasteiger partial charge in [0.05, 0.1) is 6.61 Å². The molecule has 0 aliphatic carbocycles. The standard InChI is InChI=1S/C13H19NO2/c1-3-15-12-8-4-5-9-13(12)16-11-7-6-10-14-2/h4-9,14H,3,10-11H2,1-2H3. The second-order valence-electron chi connectivity index (χ2n) is 3.22. The van der Waals surface area contributed by atoms with Crippen LogP contribution in [-0.2, 0) is 0 Å². The number of ether oxygens (including phenoxy) is 2. The summed E-state index contributed by atoms with van der Waals surface area (Å²) in [6.07, 6.45) is 4.02. The van der Waals surface area contributed by atoms with Crippen LogP contribution >= 0.6 is 0 Å². The van der Waals surface area contributed by atoms with Gasteiger partial charge in [0.25, 0.3) is 0 Å². The van der Waals surface area contributed by atoms with Gasteiger partial charge in [-0.25, -0.2) is 0 Å². The first-order valence-corrected chi connectivity index (χ1v) is 5.52. The van der Waals surface area contributed by atoms with Crippen LogP contribution in [-0.4, -0.2) is 26.8 Å². The molecule has 1 aromatic rings. The van der Waals surface area contributed by atoms with Crippen LogP contribution in [0.2, 0.25) is 0 Å². The molecule has 0 bridgehead atoms. The number of para-hydroxylation sites is 2. The van der Waals surface area contributed by atoms with Crippen molar-refractivity contribution < 1.29 is 9.47 Å². The van der Waals surface area contributed by atoms with Crippen LogP contribution in [0.3, 0.4) is 0 Å². The molecule has 88 valence electrons. The summed E-state index contributed by atoms with van der Waals surface area (Å²) in [4.78, 5) is 0. The third-order valence-corrected chi connectivity index (χ3v) is 1.97. The van der Waals surface area contributed by atoms with E-state index < -0.39 is 0 Å². The second kappa shape index (κ2) is 7.77. The predicted octanol–water partition coefficient (Wildman–Crippen LogP) is 2.24. The molecule has 3 nitrogen and oxygen atoms in total. The topological polar surface area (TPSA) is 30.5 Å². The fourth-order valence-electron chi connectivity index (χ4n) is 1.25. The lowest BCUT2D eigenvalue weighted by Gasteiger charge is -2.09. The Kier molecular flexibility index (Phi) is 6.11.